The third kappa shape index (κ3) is 2.56. The number of carbonyl (C=O) groups excluding carboxylic acids is 1. The maximum absolute atomic E-state index is 12.8. The van der Waals surface area contributed by atoms with Crippen molar-refractivity contribution in [3.05, 3.63) is 11.4 Å². The first-order valence-electron chi connectivity index (χ1n) is 4.40. The standard InChI is InChI=1S/C8H11F2N3O2/c1-2-7-6(3-14)11-12-13(7)4-8(9,10)5-15/h3,15H,2,4-5H2,1H3. The Labute approximate surface area is 84.7 Å². The Balaban J connectivity index is 2.95. The number of rotatable bonds is 5. The molecule has 15 heavy (non-hydrogen) atoms. The second-order valence-corrected chi connectivity index (χ2v) is 3.06. The Bertz CT molecular complexity index is 352. The van der Waals surface area contributed by atoms with Crippen LogP contribution in [0.4, 0.5) is 8.78 Å². The van der Waals surface area contributed by atoms with Crippen LogP contribution < -0.4 is 0 Å². The monoisotopic (exact) mass is 219 g/mol. The molecule has 1 heterocycles. The molecule has 0 bridgehead atoms. The van der Waals surface area contributed by atoms with Crippen molar-refractivity contribution in [2.45, 2.75) is 25.8 Å². The lowest BCUT2D eigenvalue weighted by Gasteiger charge is -2.13. The van der Waals surface area contributed by atoms with E-state index >= 15 is 0 Å². The first-order chi connectivity index (χ1) is 7.04. The van der Waals surface area contributed by atoms with Crippen LogP contribution in [-0.4, -0.2) is 38.9 Å². The van der Waals surface area contributed by atoms with Gasteiger partial charge < -0.3 is 5.11 Å². The van der Waals surface area contributed by atoms with Crippen LogP contribution in [-0.2, 0) is 13.0 Å². The lowest BCUT2D eigenvalue weighted by molar-refractivity contribution is -0.0660. The van der Waals surface area contributed by atoms with E-state index in [-0.39, 0.29) is 5.69 Å². The molecule has 84 valence electrons. The second kappa shape index (κ2) is 4.43. The molecule has 0 fully saturated rings. The fourth-order valence-electron chi connectivity index (χ4n) is 1.20. The second-order valence-electron chi connectivity index (χ2n) is 3.06. The minimum atomic E-state index is -3.25. The van der Waals surface area contributed by atoms with Gasteiger partial charge in [0, 0.05) is 0 Å². The number of aliphatic hydroxyl groups excluding tert-OH is 1. The minimum Gasteiger partial charge on any atom is -0.390 e. The van der Waals surface area contributed by atoms with Crippen molar-refractivity contribution in [3.63, 3.8) is 0 Å². The van der Waals surface area contributed by atoms with E-state index in [1.54, 1.807) is 6.92 Å². The van der Waals surface area contributed by atoms with E-state index in [9.17, 15) is 13.6 Å². The fraction of sp³-hybridized carbons (Fsp3) is 0.625. The number of hydrogen-bond donors (Lipinski definition) is 1. The molecule has 5 nitrogen and oxygen atoms in total. The van der Waals surface area contributed by atoms with Gasteiger partial charge in [-0.05, 0) is 6.42 Å². The fourth-order valence-corrected chi connectivity index (χ4v) is 1.20. The Morgan fingerprint density at radius 2 is 2.27 bits per heavy atom. The third-order valence-electron chi connectivity index (χ3n) is 1.93. The quantitative estimate of drug-likeness (QED) is 0.722. The number of alkyl halides is 2. The molecule has 1 aromatic heterocycles. The SMILES string of the molecule is CCc1c(C=O)nnn1CC(F)(F)CO. The summed E-state index contributed by atoms with van der Waals surface area (Å²) < 4.78 is 26.6. The van der Waals surface area contributed by atoms with Crippen molar-refractivity contribution in [1.29, 1.82) is 0 Å². The van der Waals surface area contributed by atoms with Gasteiger partial charge in [0.1, 0.15) is 18.8 Å². The van der Waals surface area contributed by atoms with Crippen molar-refractivity contribution >= 4 is 6.29 Å². The van der Waals surface area contributed by atoms with Crippen LogP contribution in [0, 0.1) is 0 Å². The van der Waals surface area contributed by atoms with Crippen molar-refractivity contribution in [1.82, 2.24) is 15.0 Å². The minimum absolute atomic E-state index is 0.0613. The van der Waals surface area contributed by atoms with E-state index in [1.165, 1.54) is 0 Å². The van der Waals surface area contributed by atoms with Gasteiger partial charge in [0.25, 0.3) is 5.92 Å². The van der Waals surface area contributed by atoms with E-state index in [0.29, 0.717) is 18.4 Å². The molecule has 0 aliphatic carbocycles. The molecule has 1 N–H and O–H groups in total. The van der Waals surface area contributed by atoms with Gasteiger partial charge in [0.05, 0.1) is 5.69 Å². The predicted octanol–water partition coefficient (Wildman–Crippen LogP) is 0.281. The molecule has 0 amide bonds. The van der Waals surface area contributed by atoms with E-state index in [0.717, 1.165) is 4.68 Å². The molecule has 0 saturated carbocycles. The summed E-state index contributed by atoms with van der Waals surface area (Å²) in [4.78, 5) is 10.5. The zero-order valence-corrected chi connectivity index (χ0v) is 8.15. The van der Waals surface area contributed by atoms with Crippen LogP contribution in [0.15, 0.2) is 0 Å². The summed E-state index contributed by atoms with van der Waals surface area (Å²) in [5.74, 6) is -3.25. The maximum Gasteiger partial charge on any atom is 0.289 e. The smallest absolute Gasteiger partial charge is 0.289 e. The highest BCUT2D eigenvalue weighted by atomic mass is 19.3. The number of halogens is 2. The molecular weight excluding hydrogens is 208 g/mol. The Kier molecular flexibility index (Phi) is 3.46. The van der Waals surface area contributed by atoms with Gasteiger partial charge in [-0.15, -0.1) is 5.10 Å². The first kappa shape index (κ1) is 11.7. The van der Waals surface area contributed by atoms with Gasteiger partial charge >= 0.3 is 0 Å². The normalized spacial score (nSPS) is 11.7. The molecule has 0 unspecified atom stereocenters. The molecule has 7 heteroatoms. The third-order valence-corrected chi connectivity index (χ3v) is 1.93. The summed E-state index contributed by atoms with van der Waals surface area (Å²) >= 11 is 0. The van der Waals surface area contributed by atoms with Crippen molar-refractivity contribution in [2.75, 3.05) is 6.61 Å². The zero-order chi connectivity index (χ0) is 11.5. The largest absolute Gasteiger partial charge is 0.390 e. The van der Waals surface area contributed by atoms with E-state index in [4.69, 9.17) is 5.11 Å². The number of aliphatic hydroxyl groups is 1. The van der Waals surface area contributed by atoms with Crippen LogP contribution in [0.5, 0.6) is 0 Å². The molecule has 0 aliphatic rings. The summed E-state index contributed by atoms with van der Waals surface area (Å²) in [6.07, 6.45) is 0.849. The highest BCUT2D eigenvalue weighted by Crippen LogP contribution is 2.16. The topological polar surface area (TPSA) is 68.0 Å². The zero-order valence-electron chi connectivity index (χ0n) is 8.15. The average molecular weight is 219 g/mol. The van der Waals surface area contributed by atoms with Crippen LogP contribution >= 0.6 is 0 Å². The highest BCUT2D eigenvalue weighted by molar-refractivity contribution is 5.73. The number of carbonyl (C=O) groups is 1. The molecule has 0 aromatic carbocycles. The number of nitrogens with zero attached hydrogens (tertiary/aromatic N) is 3. The summed E-state index contributed by atoms with van der Waals surface area (Å²) in [6.45, 7) is -0.320. The van der Waals surface area contributed by atoms with Crippen molar-refractivity contribution in [3.8, 4) is 0 Å². The molecule has 0 atom stereocenters. The van der Waals surface area contributed by atoms with Crippen molar-refractivity contribution in [2.24, 2.45) is 0 Å². The van der Waals surface area contributed by atoms with Crippen LogP contribution in [0.3, 0.4) is 0 Å². The Morgan fingerprint density at radius 1 is 1.60 bits per heavy atom. The molecule has 0 radical (unpaired) electrons. The van der Waals surface area contributed by atoms with Gasteiger partial charge in [-0.25, -0.2) is 13.5 Å². The summed E-state index contributed by atoms with van der Waals surface area (Å²) in [6, 6.07) is 0. The molecule has 0 spiro atoms. The molecule has 0 aliphatic heterocycles. The lowest BCUT2D eigenvalue weighted by Crippen LogP contribution is -2.29. The molecule has 0 saturated heterocycles. The van der Waals surface area contributed by atoms with E-state index < -0.39 is 19.1 Å². The first-order valence-corrected chi connectivity index (χ1v) is 4.40. The van der Waals surface area contributed by atoms with Crippen LogP contribution in [0.25, 0.3) is 0 Å². The van der Waals surface area contributed by atoms with Gasteiger partial charge in [-0.1, -0.05) is 12.1 Å². The summed E-state index contributed by atoms with van der Waals surface area (Å²) in [7, 11) is 0. The maximum atomic E-state index is 12.8. The number of hydrogen-bond acceptors (Lipinski definition) is 4. The average Bonchev–Trinajstić information content (AvgIpc) is 2.59. The number of aldehydes is 1. The van der Waals surface area contributed by atoms with Gasteiger partial charge in [-0.3, -0.25) is 4.79 Å². The molecular formula is C8H11F2N3O2. The summed E-state index contributed by atoms with van der Waals surface area (Å²) in [5, 5.41) is 15.3. The van der Waals surface area contributed by atoms with E-state index in [2.05, 4.69) is 10.3 Å². The van der Waals surface area contributed by atoms with Crippen molar-refractivity contribution < 1.29 is 18.7 Å². The molecule has 1 rings (SSSR count). The predicted molar refractivity (Wildman–Crippen MR) is 46.8 cm³/mol. The van der Waals surface area contributed by atoms with Gasteiger partial charge in [0.15, 0.2) is 6.29 Å². The highest BCUT2D eigenvalue weighted by Gasteiger charge is 2.30. The van der Waals surface area contributed by atoms with Gasteiger partial charge in [0.2, 0.25) is 0 Å². The van der Waals surface area contributed by atoms with Crippen LogP contribution in [0.2, 0.25) is 0 Å². The Morgan fingerprint density at radius 3 is 2.73 bits per heavy atom. The lowest BCUT2D eigenvalue weighted by atomic mass is 10.2. The van der Waals surface area contributed by atoms with E-state index in [1.807, 2.05) is 0 Å². The van der Waals surface area contributed by atoms with Crippen LogP contribution in [0.1, 0.15) is 23.1 Å². The van der Waals surface area contributed by atoms with Gasteiger partial charge in [-0.2, -0.15) is 0 Å². The summed E-state index contributed by atoms with van der Waals surface area (Å²) in [5.41, 5.74) is 0.407. The molecule has 1 aromatic rings. The number of aromatic nitrogens is 3. The Hall–Kier alpha value is -1.37.